The summed E-state index contributed by atoms with van der Waals surface area (Å²) >= 11 is 6.29. The van der Waals surface area contributed by atoms with Crippen LogP contribution in [0, 0.1) is 0 Å². The van der Waals surface area contributed by atoms with Crippen LogP contribution in [0.4, 0.5) is 0 Å². The first-order valence-corrected chi connectivity index (χ1v) is 11.1. The zero-order chi connectivity index (χ0) is 23.5. The number of nitrogens with one attached hydrogen (secondary N) is 1. The van der Waals surface area contributed by atoms with E-state index >= 15 is 0 Å². The smallest absolute Gasteiger partial charge is 0.259 e. The van der Waals surface area contributed by atoms with Gasteiger partial charge in [-0.05, 0) is 46.8 Å². The third-order valence-electron chi connectivity index (χ3n) is 5.64. The van der Waals surface area contributed by atoms with E-state index in [9.17, 15) is 14.4 Å². The molecule has 0 aliphatic heterocycles. The Morgan fingerprint density at radius 1 is 0.939 bits per heavy atom. The molecule has 0 spiro atoms. The van der Waals surface area contributed by atoms with Crippen LogP contribution in [-0.4, -0.2) is 23.3 Å². The number of hydrogen-bond donors (Lipinski definition) is 1. The molecule has 4 aromatic rings. The minimum atomic E-state index is -0.275. The van der Waals surface area contributed by atoms with Crippen LogP contribution in [0.1, 0.15) is 39.8 Å². The second-order valence-electron chi connectivity index (χ2n) is 7.73. The number of pyridine rings is 1. The standard InChI is InChI=1S/C27H23ClN2O3/c1-3-23(31)25-24(18-9-5-4-6-10-18)22-15-20(28)12-13-21(22)27(33)30(25)16-17-8-7-11-19(14-17)26(32)29-2/h4-15H,3,16H2,1-2H3,(H,29,32). The van der Waals surface area contributed by atoms with Gasteiger partial charge in [0.25, 0.3) is 11.5 Å². The Hall–Kier alpha value is -3.70. The number of benzene rings is 3. The molecule has 5 nitrogen and oxygen atoms in total. The number of fused-ring (bicyclic) bond motifs is 1. The highest BCUT2D eigenvalue weighted by atomic mass is 35.5. The molecule has 4 rings (SSSR count). The van der Waals surface area contributed by atoms with Crippen LogP contribution < -0.4 is 10.9 Å². The highest BCUT2D eigenvalue weighted by molar-refractivity contribution is 6.31. The molecule has 0 aliphatic rings. The second kappa shape index (κ2) is 9.43. The van der Waals surface area contributed by atoms with Crippen LogP contribution in [0.5, 0.6) is 0 Å². The van der Waals surface area contributed by atoms with E-state index in [2.05, 4.69) is 5.32 Å². The van der Waals surface area contributed by atoms with Crippen molar-refractivity contribution in [1.29, 1.82) is 0 Å². The summed E-state index contributed by atoms with van der Waals surface area (Å²) in [6, 6.07) is 21.7. The number of hydrogen-bond acceptors (Lipinski definition) is 3. The van der Waals surface area contributed by atoms with E-state index in [1.54, 1.807) is 50.4 Å². The Bertz CT molecular complexity index is 1430. The summed E-state index contributed by atoms with van der Waals surface area (Å²) in [7, 11) is 1.57. The summed E-state index contributed by atoms with van der Waals surface area (Å²) in [6.45, 7) is 1.93. The summed E-state index contributed by atoms with van der Waals surface area (Å²) in [5.41, 5.74) is 2.81. The SMILES string of the molecule is CCC(=O)c1c(-c2ccccc2)c2cc(Cl)ccc2c(=O)n1Cc1cccc(C(=O)NC)c1. The number of Topliss-reactive ketones (excluding diaryl/α,β-unsaturated/α-hetero) is 1. The number of ketones is 1. The molecule has 0 unspecified atom stereocenters. The van der Waals surface area contributed by atoms with Gasteiger partial charge in [-0.2, -0.15) is 0 Å². The highest BCUT2D eigenvalue weighted by Gasteiger charge is 2.23. The summed E-state index contributed by atoms with van der Waals surface area (Å²) in [5.74, 6) is -0.359. The molecule has 0 atom stereocenters. The van der Waals surface area contributed by atoms with E-state index in [0.29, 0.717) is 32.6 Å². The van der Waals surface area contributed by atoms with Crippen molar-refractivity contribution < 1.29 is 9.59 Å². The number of nitrogens with zero attached hydrogens (tertiary/aromatic N) is 1. The summed E-state index contributed by atoms with van der Waals surface area (Å²) in [6.07, 6.45) is 0.240. The minimum absolute atomic E-state index is 0.143. The van der Waals surface area contributed by atoms with Crippen LogP contribution in [0.2, 0.25) is 5.02 Å². The molecule has 0 saturated carbocycles. The van der Waals surface area contributed by atoms with E-state index in [0.717, 1.165) is 11.1 Å². The maximum Gasteiger partial charge on any atom is 0.259 e. The first kappa shape index (κ1) is 22.5. The molecule has 0 radical (unpaired) electrons. The van der Waals surface area contributed by atoms with Gasteiger partial charge in [-0.25, -0.2) is 0 Å². The molecule has 1 N–H and O–H groups in total. The molecule has 6 heteroatoms. The minimum Gasteiger partial charge on any atom is -0.355 e. The molecule has 33 heavy (non-hydrogen) atoms. The number of carbonyl (C=O) groups excluding carboxylic acids is 2. The van der Waals surface area contributed by atoms with Crippen molar-refractivity contribution in [2.45, 2.75) is 19.9 Å². The molecular weight excluding hydrogens is 436 g/mol. The maximum atomic E-state index is 13.6. The van der Waals surface area contributed by atoms with Crippen molar-refractivity contribution in [1.82, 2.24) is 9.88 Å². The molecule has 0 aliphatic carbocycles. The van der Waals surface area contributed by atoms with Crippen molar-refractivity contribution in [2.24, 2.45) is 0 Å². The average Bonchev–Trinajstić information content (AvgIpc) is 2.85. The molecule has 0 bridgehead atoms. The van der Waals surface area contributed by atoms with Crippen molar-refractivity contribution in [2.75, 3.05) is 7.05 Å². The molecule has 1 heterocycles. The van der Waals surface area contributed by atoms with Gasteiger partial charge in [0.1, 0.15) is 0 Å². The van der Waals surface area contributed by atoms with Crippen molar-refractivity contribution in [3.8, 4) is 11.1 Å². The lowest BCUT2D eigenvalue weighted by molar-refractivity contribution is 0.0959. The normalized spacial score (nSPS) is 10.9. The van der Waals surface area contributed by atoms with Crippen molar-refractivity contribution in [3.63, 3.8) is 0 Å². The Balaban J connectivity index is 2.05. The van der Waals surface area contributed by atoms with Gasteiger partial charge in [0.2, 0.25) is 0 Å². The van der Waals surface area contributed by atoms with Gasteiger partial charge in [-0.15, -0.1) is 0 Å². The Labute approximate surface area is 196 Å². The molecule has 1 amide bonds. The topological polar surface area (TPSA) is 68.2 Å². The predicted octanol–water partition coefficient (Wildman–Crippen LogP) is 5.32. The van der Waals surface area contributed by atoms with Gasteiger partial charge < -0.3 is 5.32 Å². The van der Waals surface area contributed by atoms with E-state index in [4.69, 9.17) is 11.6 Å². The maximum absolute atomic E-state index is 13.6. The second-order valence-corrected chi connectivity index (χ2v) is 8.16. The monoisotopic (exact) mass is 458 g/mol. The average molecular weight is 459 g/mol. The molecular formula is C27H23ClN2O3. The van der Waals surface area contributed by atoms with Crippen LogP contribution in [-0.2, 0) is 6.54 Å². The number of amides is 1. The van der Waals surface area contributed by atoms with Crippen LogP contribution in [0.3, 0.4) is 0 Å². The van der Waals surface area contributed by atoms with E-state index in [1.807, 2.05) is 36.4 Å². The van der Waals surface area contributed by atoms with Crippen molar-refractivity contribution in [3.05, 3.63) is 105 Å². The van der Waals surface area contributed by atoms with Gasteiger partial charge >= 0.3 is 0 Å². The van der Waals surface area contributed by atoms with E-state index in [1.165, 1.54) is 4.57 Å². The molecule has 0 fully saturated rings. The quantitative estimate of drug-likeness (QED) is 0.397. The number of aromatic nitrogens is 1. The number of rotatable bonds is 6. The lowest BCUT2D eigenvalue weighted by Gasteiger charge is -2.19. The highest BCUT2D eigenvalue weighted by Crippen LogP contribution is 2.33. The summed E-state index contributed by atoms with van der Waals surface area (Å²) < 4.78 is 1.52. The lowest BCUT2D eigenvalue weighted by Crippen LogP contribution is -2.28. The van der Waals surface area contributed by atoms with Crippen molar-refractivity contribution >= 4 is 34.1 Å². The van der Waals surface area contributed by atoms with Gasteiger partial charge in [-0.1, -0.05) is 61.0 Å². The van der Waals surface area contributed by atoms with Crippen LogP contribution in [0.15, 0.2) is 77.6 Å². The fraction of sp³-hybridized carbons (Fsp3) is 0.148. The number of carbonyl (C=O) groups is 2. The Morgan fingerprint density at radius 3 is 2.39 bits per heavy atom. The lowest BCUT2D eigenvalue weighted by atomic mass is 9.94. The first-order valence-electron chi connectivity index (χ1n) is 10.7. The molecule has 1 aromatic heterocycles. The molecule has 3 aromatic carbocycles. The Morgan fingerprint density at radius 2 is 1.70 bits per heavy atom. The van der Waals surface area contributed by atoms with Crippen LogP contribution in [0.25, 0.3) is 21.9 Å². The van der Waals surface area contributed by atoms with Gasteiger partial charge in [-0.3, -0.25) is 19.0 Å². The third-order valence-corrected chi connectivity index (χ3v) is 5.87. The van der Waals surface area contributed by atoms with E-state index < -0.39 is 0 Å². The number of halogens is 1. The predicted molar refractivity (Wildman–Crippen MR) is 132 cm³/mol. The summed E-state index contributed by atoms with van der Waals surface area (Å²) in [4.78, 5) is 39.0. The third kappa shape index (κ3) is 4.32. The Kier molecular flexibility index (Phi) is 6.43. The summed E-state index contributed by atoms with van der Waals surface area (Å²) in [5, 5.41) is 4.22. The molecule has 166 valence electrons. The molecule has 0 saturated heterocycles. The fourth-order valence-electron chi connectivity index (χ4n) is 4.06. The van der Waals surface area contributed by atoms with Gasteiger partial charge in [0, 0.05) is 35.0 Å². The first-order chi connectivity index (χ1) is 15.9. The van der Waals surface area contributed by atoms with Crippen LogP contribution >= 0.6 is 11.6 Å². The zero-order valence-electron chi connectivity index (χ0n) is 18.4. The van der Waals surface area contributed by atoms with E-state index in [-0.39, 0.29) is 30.2 Å². The zero-order valence-corrected chi connectivity index (χ0v) is 19.1. The van der Waals surface area contributed by atoms with Gasteiger partial charge in [0.05, 0.1) is 12.2 Å². The van der Waals surface area contributed by atoms with Gasteiger partial charge in [0.15, 0.2) is 5.78 Å². The largest absolute Gasteiger partial charge is 0.355 e. The fourth-order valence-corrected chi connectivity index (χ4v) is 4.23.